The summed E-state index contributed by atoms with van der Waals surface area (Å²) < 4.78 is 11.4. The summed E-state index contributed by atoms with van der Waals surface area (Å²) in [6.07, 6.45) is 8.21. The van der Waals surface area contributed by atoms with Crippen molar-refractivity contribution in [2.24, 2.45) is 16.3 Å². The van der Waals surface area contributed by atoms with Crippen molar-refractivity contribution in [3.63, 3.8) is 0 Å². The molecular formula is C19H30IN3O3. The predicted octanol–water partition coefficient (Wildman–Crippen LogP) is 2.62. The van der Waals surface area contributed by atoms with Crippen LogP contribution in [0, 0.1) is 11.3 Å². The molecule has 3 fully saturated rings. The summed E-state index contributed by atoms with van der Waals surface area (Å²) in [7, 11) is 1.78. The van der Waals surface area contributed by atoms with Crippen molar-refractivity contribution < 1.29 is 14.3 Å². The number of fused-ring (bicyclic) bond motifs is 2. The Balaban J connectivity index is 0.00000196. The van der Waals surface area contributed by atoms with Gasteiger partial charge in [0.25, 0.3) is 0 Å². The third kappa shape index (κ3) is 3.26. The van der Waals surface area contributed by atoms with E-state index in [-0.39, 0.29) is 29.4 Å². The molecule has 1 aliphatic heterocycles. The number of furan rings is 1. The summed E-state index contributed by atoms with van der Waals surface area (Å²) in [6.45, 7) is 2.97. The minimum Gasteiger partial charge on any atom is -0.466 e. The molecule has 0 amide bonds. The van der Waals surface area contributed by atoms with Gasteiger partial charge in [-0.3, -0.25) is 4.99 Å². The van der Waals surface area contributed by atoms with Crippen molar-refractivity contribution in [2.45, 2.75) is 56.8 Å². The number of aliphatic hydroxyl groups is 1. The summed E-state index contributed by atoms with van der Waals surface area (Å²) in [6, 6.07) is 4.00. The van der Waals surface area contributed by atoms with Gasteiger partial charge in [-0.1, -0.05) is 12.8 Å². The first kappa shape index (κ1) is 19.9. The zero-order valence-corrected chi connectivity index (χ0v) is 17.9. The fraction of sp³-hybridized carbons (Fsp3) is 0.737. The summed E-state index contributed by atoms with van der Waals surface area (Å²) in [4.78, 5) is 4.37. The van der Waals surface area contributed by atoms with Gasteiger partial charge in [0.05, 0.1) is 18.9 Å². The van der Waals surface area contributed by atoms with Crippen LogP contribution < -0.4 is 10.6 Å². The fourth-order valence-electron chi connectivity index (χ4n) is 5.17. The number of nitrogens with one attached hydrogen (secondary N) is 2. The Morgan fingerprint density at radius 2 is 2.19 bits per heavy atom. The number of aliphatic imine (C=N–C) groups is 1. The highest BCUT2D eigenvalue weighted by molar-refractivity contribution is 14.0. The van der Waals surface area contributed by atoms with Gasteiger partial charge in [0.2, 0.25) is 0 Å². The molecule has 1 aromatic rings. The van der Waals surface area contributed by atoms with Crippen LogP contribution in [-0.4, -0.2) is 43.4 Å². The lowest BCUT2D eigenvalue weighted by molar-refractivity contribution is -0.125. The van der Waals surface area contributed by atoms with Crippen molar-refractivity contribution in [3.05, 3.63) is 24.2 Å². The van der Waals surface area contributed by atoms with E-state index in [1.54, 1.807) is 32.4 Å². The number of hydrogen-bond acceptors (Lipinski definition) is 4. The molecule has 1 aromatic heterocycles. The van der Waals surface area contributed by atoms with Crippen LogP contribution in [0.4, 0.5) is 0 Å². The second-order valence-corrected chi connectivity index (χ2v) is 7.98. The molecule has 4 rings (SSSR count). The number of hydrogen-bond donors (Lipinski definition) is 3. The summed E-state index contributed by atoms with van der Waals surface area (Å²) in [5.74, 6) is 1.88. The lowest BCUT2D eigenvalue weighted by Crippen LogP contribution is -2.69. The average molecular weight is 475 g/mol. The SMILES string of the molecule is CN=C(NCC(C)(O)c1ccco1)NC1C2CCOC2C12CCCC2.I. The first-order valence-corrected chi connectivity index (χ1v) is 9.42. The Labute approximate surface area is 172 Å². The van der Waals surface area contributed by atoms with Crippen LogP contribution in [0.25, 0.3) is 0 Å². The minimum absolute atomic E-state index is 0. The number of rotatable bonds is 4. The standard InChI is InChI=1S/C19H29N3O3.HI/c1-18(23,14-6-5-10-24-14)12-21-17(20-2)22-15-13-7-11-25-16(13)19(15)8-3-4-9-19;/h5-6,10,13,15-16,23H,3-4,7-9,11-12H2,1-2H3,(H2,20,21,22);1H. The number of ether oxygens (including phenoxy) is 1. The topological polar surface area (TPSA) is 79.0 Å². The molecule has 2 heterocycles. The van der Waals surface area contributed by atoms with Gasteiger partial charge in [0, 0.05) is 31.0 Å². The second kappa shape index (κ2) is 7.67. The molecule has 3 aliphatic rings. The van der Waals surface area contributed by atoms with Crippen molar-refractivity contribution in [3.8, 4) is 0 Å². The molecular weight excluding hydrogens is 445 g/mol. The monoisotopic (exact) mass is 475 g/mol. The first-order chi connectivity index (χ1) is 12.1. The minimum atomic E-state index is -1.08. The lowest BCUT2D eigenvalue weighted by Gasteiger charge is -2.57. The van der Waals surface area contributed by atoms with Gasteiger partial charge in [-0.25, -0.2) is 0 Å². The Bertz CT molecular complexity index is 626. The highest BCUT2D eigenvalue weighted by Crippen LogP contribution is 2.60. The van der Waals surface area contributed by atoms with E-state index in [2.05, 4.69) is 15.6 Å². The molecule has 2 saturated carbocycles. The maximum atomic E-state index is 10.6. The molecule has 4 atom stereocenters. The van der Waals surface area contributed by atoms with Gasteiger partial charge in [-0.05, 0) is 38.3 Å². The number of guanidine groups is 1. The van der Waals surface area contributed by atoms with E-state index in [4.69, 9.17) is 9.15 Å². The fourth-order valence-corrected chi connectivity index (χ4v) is 5.17. The zero-order chi connectivity index (χ0) is 17.5. The third-order valence-corrected chi connectivity index (χ3v) is 6.45. The van der Waals surface area contributed by atoms with E-state index in [1.807, 2.05) is 0 Å². The maximum Gasteiger partial charge on any atom is 0.191 e. The molecule has 26 heavy (non-hydrogen) atoms. The summed E-state index contributed by atoms with van der Waals surface area (Å²) >= 11 is 0. The molecule has 1 spiro atoms. The van der Waals surface area contributed by atoms with Crippen molar-refractivity contribution in [1.82, 2.24) is 10.6 Å². The highest BCUT2D eigenvalue weighted by atomic mass is 127. The Morgan fingerprint density at radius 3 is 2.85 bits per heavy atom. The first-order valence-electron chi connectivity index (χ1n) is 9.42. The summed E-state index contributed by atoms with van der Waals surface area (Å²) in [5.41, 5.74) is -0.799. The number of nitrogens with zero attached hydrogens (tertiary/aromatic N) is 1. The van der Waals surface area contributed by atoms with Crippen molar-refractivity contribution in [1.29, 1.82) is 0 Å². The van der Waals surface area contributed by atoms with Crippen molar-refractivity contribution in [2.75, 3.05) is 20.2 Å². The molecule has 7 heteroatoms. The molecule has 1 saturated heterocycles. The van der Waals surface area contributed by atoms with Crippen LogP contribution in [0.15, 0.2) is 27.8 Å². The molecule has 0 bridgehead atoms. The van der Waals surface area contributed by atoms with Crippen molar-refractivity contribution >= 4 is 29.9 Å². The molecule has 3 N–H and O–H groups in total. The quantitative estimate of drug-likeness (QED) is 0.355. The highest BCUT2D eigenvalue weighted by Gasteiger charge is 2.65. The van der Waals surface area contributed by atoms with Gasteiger partial charge in [0.1, 0.15) is 11.4 Å². The Kier molecular flexibility index (Phi) is 5.89. The van der Waals surface area contributed by atoms with Crippen LogP contribution in [0.5, 0.6) is 0 Å². The van der Waals surface area contributed by atoms with Gasteiger partial charge in [0.15, 0.2) is 5.96 Å². The molecule has 146 valence electrons. The van der Waals surface area contributed by atoms with Crippen LogP contribution >= 0.6 is 24.0 Å². The van der Waals surface area contributed by atoms with Gasteiger partial charge in [-0.15, -0.1) is 24.0 Å². The van der Waals surface area contributed by atoms with E-state index in [1.165, 1.54) is 25.7 Å². The Hall–Kier alpha value is -0.800. The Morgan fingerprint density at radius 1 is 1.42 bits per heavy atom. The molecule has 0 aromatic carbocycles. The third-order valence-electron chi connectivity index (χ3n) is 6.45. The van der Waals surface area contributed by atoms with E-state index >= 15 is 0 Å². The van der Waals surface area contributed by atoms with Crippen LogP contribution in [0.2, 0.25) is 0 Å². The van der Waals surface area contributed by atoms with E-state index in [0.29, 0.717) is 30.4 Å². The lowest BCUT2D eigenvalue weighted by atomic mass is 9.54. The van der Waals surface area contributed by atoms with E-state index in [0.717, 1.165) is 19.0 Å². The van der Waals surface area contributed by atoms with Gasteiger partial charge in [-0.2, -0.15) is 0 Å². The van der Waals surface area contributed by atoms with Crippen LogP contribution in [0.1, 0.15) is 44.8 Å². The smallest absolute Gasteiger partial charge is 0.191 e. The summed E-state index contributed by atoms with van der Waals surface area (Å²) in [5, 5.41) is 17.5. The molecule has 2 aliphatic carbocycles. The van der Waals surface area contributed by atoms with E-state index < -0.39 is 5.60 Å². The van der Waals surface area contributed by atoms with Gasteiger partial charge < -0.3 is 24.9 Å². The number of halogens is 1. The molecule has 4 unspecified atom stereocenters. The largest absolute Gasteiger partial charge is 0.466 e. The van der Waals surface area contributed by atoms with Gasteiger partial charge >= 0.3 is 0 Å². The van der Waals surface area contributed by atoms with Crippen LogP contribution in [-0.2, 0) is 10.3 Å². The van der Waals surface area contributed by atoms with Crippen LogP contribution in [0.3, 0.4) is 0 Å². The average Bonchev–Trinajstić information content (AvgIpc) is 3.34. The second-order valence-electron chi connectivity index (χ2n) is 7.98. The normalized spacial score (nSPS) is 31.7. The maximum absolute atomic E-state index is 10.6. The molecule has 6 nitrogen and oxygen atoms in total. The van der Waals surface area contributed by atoms with E-state index in [9.17, 15) is 5.11 Å². The predicted molar refractivity (Wildman–Crippen MR) is 111 cm³/mol. The zero-order valence-electron chi connectivity index (χ0n) is 15.5. The molecule has 0 radical (unpaired) electrons.